The molecule has 0 spiro atoms. The number of benzene rings is 1. The molecule has 1 amide bonds. The minimum absolute atomic E-state index is 0.289. The van der Waals surface area contributed by atoms with E-state index in [9.17, 15) is 9.18 Å². The molecule has 0 bridgehead atoms. The van der Waals surface area contributed by atoms with Gasteiger partial charge in [-0.05, 0) is 25.1 Å². The van der Waals surface area contributed by atoms with Crippen LogP contribution in [0.4, 0.5) is 9.18 Å². The number of halogens is 1. The van der Waals surface area contributed by atoms with E-state index >= 15 is 0 Å². The van der Waals surface area contributed by atoms with Crippen molar-refractivity contribution in [1.82, 2.24) is 5.43 Å². The van der Waals surface area contributed by atoms with E-state index < -0.39 is 6.09 Å². The fraction of sp³-hybridized carbons (Fsp3) is 0.333. The Morgan fingerprint density at radius 1 is 1.61 bits per heavy atom. The van der Waals surface area contributed by atoms with Gasteiger partial charge in [0.05, 0.1) is 12.3 Å². The standard InChI is InChI=1S/C12H13FN2O2S/c1-2-17-12(16)15-14-10-5-6-18-11-4-3-8(13)7-9(10)11/h3-4,7H,2,5-6H2,1H3,(H,15,16). The number of hydrazone groups is 1. The summed E-state index contributed by atoms with van der Waals surface area (Å²) in [6.45, 7) is 2.01. The average molecular weight is 268 g/mol. The van der Waals surface area contributed by atoms with E-state index in [1.54, 1.807) is 24.8 Å². The van der Waals surface area contributed by atoms with Crippen molar-refractivity contribution >= 4 is 23.6 Å². The zero-order valence-corrected chi connectivity index (χ0v) is 10.7. The average Bonchev–Trinajstić information content (AvgIpc) is 2.36. The molecular formula is C12H13FN2O2S. The van der Waals surface area contributed by atoms with Gasteiger partial charge < -0.3 is 4.74 Å². The van der Waals surface area contributed by atoms with E-state index in [1.807, 2.05) is 0 Å². The molecule has 1 N–H and O–H groups in total. The molecule has 0 aliphatic carbocycles. The van der Waals surface area contributed by atoms with Gasteiger partial charge in [0, 0.05) is 22.6 Å². The van der Waals surface area contributed by atoms with Crippen molar-refractivity contribution < 1.29 is 13.9 Å². The molecule has 1 aliphatic heterocycles. The number of amides is 1. The van der Waals surface area contributed by atoms with Crippen molar-refractivity contribution in [2.24, 2.45) is 5.10 Å². The molecule has 96 valence electrons. The maximum Gasteiger partial charge on any atom is 0.427 e. The van der Waals surface area contributed by atoms with Gasteiger partial charge in [-0.15, -0.1) is 11.8 Å². The Morgan fingerprint density at radius 3 is 3.22 bits per heavy atom. The lowest BCUT2D eigenvalue weighted by atomic mass is 10.1. The van der Waals surface area contributed by atoms with Crippen LogP contribution >= 0.6 is 11.8 Å². The minimum Gasteiger partial charge on any atom is -0.449 e. The normalized spacial score (nSPS) is 16.2. The highest BCUT2D eigenvalue weighted by molar-refractivity contribution is 7.99. The third-order valence-electron chi connectivity index (χ3n) is 2.41. The zero-order valence-electron chi connectivity index (χ0n) is 9.90. The highest BCUT2D eigenvalue weighted by atomic mass is 32.2. The van der Waals surface area contributed by atoms with E-state index in [1.165, 1.54) is 12.1 Å². The van der Waals surface area contributed by atoms with Crippen LogP contribution in [0.25, 0.3) is 0 Å². The van der Waals surface area contributed by atoms with Crippen LogP contribution in [0.15, 0.2) is 28.2 Å². The van der Waals surface area contributed by atoms with Gasteiger partial charge >= 0.3 is 6.09 Å². The lowest BCUT2D eigenvalue weighted by Gasteiger charge is -2.17. The van der Waals surface area contributed by atoms with Crippen molar-refractivity contribution in [3.63, 3.8) is 0 Å². The molecule has 2 rings (SSSR count). The molecule has 0 saturated heterocycles. The molecule has 0 aromatic heterocycles. The molecule has 0 atom stereocenters. The lowest BCUT2D eigenvalue weighted by Crippen LogP contribution is -2.22. The number of carbonyl (C=O) groups is 1. The largest absolute Gasteiger partial charge is 0.449 e. The quantitative estimate of drug-likeness (QED) is 0.839. The van der Waals surface area contributed by atoms with Crippen LogP contribution in [0.1, 0.15) is 18.9 Å². The van der Waals surface area contributed by atoms with E-state index in [4.69, 9.17) is 4.74 Å². The topological polar surface area (TPSA) is 50.7 Å². The number of rotatable bonds is 2. The molecule has 1 aromatic rings. The third-order valence-corrected chi connectivity index (χ3v) is 3.48. The van der Waals surface area contributed by atoms with Crippen LogP contribution in [0.3, 0.4) is 0 Å². The zero-order chi connectivity index (χ0) is 13.0. The van der Waals surface area contributed by atoms with Crippen LogP contribution in [-0.2, 0) is 4.74 Å². The number of carbonyl (C=O) groups excluding carboxylic acids is 1. The fourth-order valence-corrected chi connectivity index (χ4v) is 2.65. The van der Waals surface area contributed by atoms with Gasteiger partial charge in [0.1, 0.15) is 5.82 Å². The van der Waals surface area contributed by atoms with E-state index in [2.05, 4.69) is 10.5 Å². The van der Waals surface area contributed by atoms with Gasteiger partial charge in [0.2, 0.25) is 0 Å². The first-order valence-electron chi connectivity index (χ1n) is 5.62. The van der Waals surface area contributed by atoms with Crippen LogP contribution in [-0.4, -0.2) is 24.2 Å². The van der Waals surface area contributed by atoms with Crippen molar-refractivity contribution in [3.8, 4) is 0 Å². The molecule has 0 fully saturated rings. The second-order valence-corrected chi connectivity index (χ2v) is 4.77. The maximum absolute atomic E-state index is 13.2. The monoisotopic (exact) mass is 268 g/mol. The second-order valence-electron chi connectivity index (χ2n) is 3.63. The number of hydrogen-bond acceptors (Lipinski definition) is 4. The summed E-state index contributed by atoms with van der Waals surface area (Å²) in [4.78, 5) is 12.1. The summed E-state index contributed by atoms with van der Waals surface area (Å²) in [6.07, 6.45) is 0.0919. The second kappa shape index (κ2) is 5.86. The number of nitrogens with zero attached hydrogens (tertiary/aromatic N) is 1. The van der Waals surface area contributed by atoms with Gasteiger partial charge in [0.25, 0.3) is 0 Å². The Labute approximate surface area is 109 Å². The third kappa shape index (κ3) is 3.01. The Hall–Kier alpha value is -1.56. The summed E-state index contributed by atoms with van der Waals surface area (Å²) in [5.74, 6) is 0.558. The first kappa shape index (κ1) is 12.9. The van der Waals surface area contributed by atoms with Gasteiger partial charge in [-0.25, -0.2) is 14.6 Å². The predicted octanol–water partition coefficient (Wildman–Crippen LogP) is 2.77. The van der Waals surface area contributed by atoms with Crippen molar-refractivity contribution in [2.45, 2.75) is 18.2 Å². The molecular weight excluding hydrogens is 255 g/mol. The Bertz CT molecular complexity index is 491. The smallest absolute Gasteiger partial charge is 0.427 e. The fourth-order valence-electron chi connectivity index (χ4n) is 1.64. The predicted molar refractivity (Wildman–Crippen MR) is 68.4 cm³/mol. The summed E-state index contributed by atoms with van der Waals surface area (Å²) in [5, 5.41) is 4.00. The number of ether oxygens (including phenoxy) is 1. The van der Waals surface area contributed by atoms with Gasteiger partial charge in [0.15, 0.2) is 0 Å². The molecule has 1 aliphatic rings. The van der Waals surface area contributed by atoms with Crippen LogP contribution in [0, 0.1) is 5.82 Å². The number of hydrogen-bond donors (Lipinski definition) is 1. The summed E-state index contributed by atoms with van der Waals surface area (Å²) in [7, 11) is 0. The number of thioether (sulfide) groups is 1. The highest BCUT2D eigenvalue weighted by Gasteiger charge is 2.17. The summed E-state index contributed by atoms with van der Waals surface area (Å²) in [5.41, 5.74) is 3.72. The number of fused-ring (bicyclic) bond motifs is 1. The summed E-state index contributed by atoms with van der Waals surface area (Å²) in [6, 6.07) is 4.59. The van der Waals surface area contributed by atoms with Crippen LogP contribution in [0.5, 0.6) is 0 Å². The van der Waals surface area contributed by atoms with E-state index in [-0.39, 0.29) is 12.4 Å². The van der Waals surface area contributed by atoms with E-state index in [0.29, 0.717) is 12.1 Å². The van der Waals surface area contributed by atoms with Crippen LogP contribution in [0.2, 0.25) is 0 Å². The van der Waals surface area contributed by atoms with Crippen molar-refractivity contribution in [2.75, 3.05) is 12.4 Å². The van der Waals surface area contributed by atoms with Crippen molar-refractivity contribution in [1.29, 1.82) is 0 Å². The molecule has 0 radical (unpaired) electrons. The molecule has 6 heteroatoms. The molecule has 0 saturated carbocycles. The Kier molecular flexibility index (Phi) is 4.19. The molecule has 4 nitrogen and oxygen atoms in total. The van der Waals surface area contributed by atoms with Gasteiger partial charge in [-0.3, -0.25) is 0 Å². The van der Waals surface area contributed by atoms with E-state index in [0.717, 1.165) is 16.2 Å². The van der Waals surface area contributed by atoms with Crippen LogP contribution < -0.4 is 5.43 Å². The first-order chi connectivity index (χ1) is 8.70. The molecule has 1 aromatic carbocycles. The minimum atomic E-state index is -0.596. The summed E-state index contributed by atoms with van der Waals surface area (Å²) >= 11 is 1.65. The first-order valence-corrected chi connectivity index (χ1v) is 6.61. The van der Waals surface area contributed by atoms with Gasteiger partial charge in [-0.1, -0.05) is 0 Å². The summed E-state index contributed by atoms with van der Waals surface area (Å²) < 4.78 is 17.9. The molecule has 0 unspecified atom stereocenters. The van der Waals surface area contributed by atoms with Crippen molar-refractivity contribution in [3.05, 3.63) is 29.6 Å². The SMILES string of the molecule is CCOC(=O)NN=C1CCSc2ccc(F)cc21. The van der Waals surface area contributed by atoms with Gasteiger partial charge in [-0.2, -0.15) is 5.10 Å². The highest BCUT2D eigenvalue weighted by Crippen LogP contribution is 2.30. The Balaban J connectivity index is 2.18. The lowest BCUT2D eigenvalue weighted by molar-refractivity contribution is 0.152. The maximum atomic E-state index is 13.2. The number of nitrogens with one attached hydrogen (secondary N) is 1. The molecule has 1 heterocycles. The molecule has 18 heavy (non-hydrogen) atoms. The Morgan fingerprint density at radius 2 is 2.44 bits per heavy atom.